The lowest BCUT2D eigenvalue weighted by atomic mass is 9.93. The second kappa shape index (κ2) is 7.66. The van der Waals surface area contributed by atoms with Gasteiger partial charge >= 0.3 is 0 Å². The summed E-state index contributed by atoms with van der Waals surface area (Å²) >= 11 is 1.51. The second-order valence-electron chi connectivity index (χ2n) is 6.35. The molecule has 1 aromatic carbocycles. The molecule has 1 N–H and O–H groups in total. The fourth-order valence-corrected chi connectivity index (χ4v) is 3.87. The molecule has 4 rings (SSSR count). The van der Waals surface area contributed by atoms with Crippen molar-refractivity contribution in [2.75, 3.05) is 0 Å². The predicted octanol–water partition coefficient (Wildman–Crippen LogP) is 3.59. The van der Waals surface area contributed by atoms with E-state index in [1.165, 1.54) is 22.6 Å². The first-order chi connectivity index (χ1) is 12.8. The van der Waals surface area contributed by atoms with Crippen molar-refractivity contribution in [2.24, 2.45) is 0 Å². The molecule has 0 bridgehead atoms. The summed E-state index contributed by atoms with van der Waals surface area (Å²) in [5.41, 5.74) is 3.61. The minimum Gasteiger partial charge on any atom is -0.346 e. The Labute approximate surface area is 156 Å². The van der Waals surface area contributed by atoms with Crippen LogP contribution in [0.25, 0.3) is 6.08 Å². The number of hydrogen-bond donors (Lipinski definition) is 1. The number of rotatable bonds is 5. The Bertz CT molecular complexity index is 899. The Kier molecular flexibility index (Phi) is 4.93. The van der Waals surface area contributed by atoms with E-state index in [9.17, 15) is 4.79 Å². The van der Waals surface area contributed by atoms with Gasteiger partial charge in [-0.1, -0.05) is 30.3 Å². The third kappa shape index (κ3) is 3.75. The smallest absolute Gasteiger partial charge is 0.244 e. The first-order valence-electron chi connectivity index (χ1n) is 8.76. The number of nitrogens with zero attached hydrogens (tertiary/aromatic N) is 3. The van der Waals surface area contributed by atoms with Crippen LogP contribution in [0.2, 0.25) is 0 Å². The van der Waals surface area contributed by atoms with Crippen LogP contribution < -0.4 is 5.32 Å². The summed E-state index contributed by atoms with van der Waals surface area (Å²) in [5.74, 6) is -0.0890. The molecule has 0 saturated carbocycles. The van der Waals surface area contributed by atoms with Crippen LogP contribution >= 0.6 is 11.3 Å². The van der Waals surface area contributed by atoms with Gasteiger partial charge in [0, 0.05) is 28.9 Å². The summed E-state index contributed by atoms with van der Waals surface area (Å²) in [4.78, 5) is 16.4. The maximum Gasteiger partial charge on any atom is 0.244 e. The molecular weight excluding hydrogens is 344 g/mol. The average molecular weight is 364 g/mol. The van der Waals surface area contributed by atoms with Crippen molar-refractivity contribution in [1.29, 1.82) is 0 Å². The number of benzene rings is 1. The zero-order valence-corrected chi connectivity index (χ0v) is 15.2. The lowest BCUT2D eigenvalue weighted by Gasteiger charge is -2.23. The molecule has 1 aliphatic carbocycles. The number of fused-ring (bicyclic) bond motifs is 1. The van der Waals surface area contributed by atoms with Gasteiger partial charge in [-0.25, -0.2) is 4.98 Å². The summed E-state index contributed by atoms with van der Waals surface area (Å²) in [7, 11) is 0. The van der Waals surface area contributed by atoms with Gasteiger partial charge in [0.05, 0.1) is 18.8 Å². The number of carbonyl (C=O) groups is 1. The highest BCUT2D eigenvalue weighted by Crippen LogP contribution is 2.30. The summed E-state index contributed by atoms with van der Waals surface area (Å²) in [6, 6.07) is 10.4. The van der Waals surface area contributed by atoms with Crippen molar-refractivity contribution in [3.63, 3.8) is 0 Å². The van der Waals surface area contributed by atoms with Gasteiger partial charge in [0.1, 0.15) is 5.01 Å². The van der Waals surface area contributed by atoms with Crippen LogP contribution in [-0.2, 0) is 17.8 Å². The average Bonchev–Trinajstić information content (AvgIpc) is 3.32. The molecule has 0 radical (unpaired) electrons. The van der Waals surface area contributed by atoms with Crippen molar-refractivity contribution >= 4 is 23.3 Å². The molecule has 132 valence electrons. The van der Waals surface area contributed by atoms with Crippen molar-refractivity contribution in [3.8, 4) is 0 Å². The molecule has 1 amide bonds. The van der Waals surface area contributed by atoms with Gasteiger partial charge in [-0.05, 0) is 30.9 Å². The highest BCUT2D eigenvalue weighted by molar-refractivity contribution is 7.10. The van der Waals surface area contributed by atoms with Crippen LogP contribution in [0.15, 0.2) is 54.2 Å². The molecule has 6 heteroatoms. The molecule has 0 fully saturated rings. The Morgan fingerprint density at radius 1 is 1.35 bits per heavy atom. The molecule has 3 aromatic rings. The van der Waals surface area contributed by atoms with E-state index in [0.717, 1.165) is 36.4 Å². The summed E-state index contributed by atoms with van der Waals surface area (Å²) in [6.45, 7) is 0.765. The molecular formula is C20H20N4OS. The van der Waals surface area contributed by atoms with E-state index in [2.05, 4.69) is 32.2 Å². The zero-order valence-electron chi connectivity index (χ0n) is 14.3. The van der Waals surface area contributed by atoms with Crippen molar-refractivity contribution < 1.29 is 4.79 Å². The highest BCUT2D eigenvalue weighted by Gasteiger charge is 2.25. The van der Waals surface area contributed by atoms with Gasteiger partial charge in [0.25, 0.3) is 0 Å². The third-order valence-electron chi connectivity index (χ3n) is 4.58. The standard InChI is InChI=1S/C20H20N4OS/c25-19(9-10-20-21-11-12-26-20)23-17-7-4-8-18-16(17)13-22-24(18)14-15-5-2-1-3-6-15/h1-3,5-6,9-13,17H,4,7-8,14H2,(H,23,25). The first-order valence-corrected chi connectivity index (χ1v) is 9.64. The summed E-state index contributed by atoms with van der Waals surface area (Å²) in [6.07, 6.45) is 9.95. The minimum atomic E-state index is -0.0890. The normalized spacial score (nSPS) is 16.5. The second-order valence-corrected chi connectivity index (χ2v) is 7.27. The number of hydrogen-bond acceptors (Lipinski definition) is 4. The Balaban J connectivity index is 1.46. The largest absolute Gasteiger partial charge is 0.346 e. The molecule has 5 nitrogen and oxygen atoms in total. The quantitative estimate of drug-likeness (QED) is 0.704. The number of aromatic nitrogens is 3. The minimum absolute atomic E-state index is 0.0247. The molecule has 1 unspecified atom stereocenters. The number of nitrogens with one attached hydrogen (secondary N) is 1. The zero-order chi connectivity index (χ0) is 17.8. The van der Waals surface area contributed by atoms with Crippen LogP contribution in [0.5, 0.6) is 0 Å². The SMILES string of the molecule is O=C(C=Cc1nccs1)NC1CCCc2c1cnn2Cc1ccccc1. The van der Waals surface area contributed by atoms with E-state index in [4.69, 9.17) is 0 Å². The third-order valence-corrected chi connectivity index (χ3v) is 5.32. The Morgan fingerprint density at radius 3 is 3.04 bits per heavy atom. The molecule has 1 atom stereocenters. The van der Waals surface area contributed by atoms with E-state index in [0.29, 0.717) is 0 Å². The highest BCUT2D eigenvalue weighted by atomic mass is 32.1. The van der Waals surface area contributed by atoms with Gasteiger partial charge in [0.15, 0.2) is 0 Å². The van der Waals surface area contributed by atoms with Crippen LogP contribution in [0, 0.1) is 0 Å². The summed E-state index contributed by atoms with van der Waals surface area (Å²) in [5, 5.41) is 10.4. The molecule has 0 aliphatic heterocycles. The number of carbonyl (C=O) groups excluding carboxylic acids is 1. The van der Waals surface area contributed by atoms with Gasteiger partial charge < -0.3 is 5.32 Å². The molecule has 2 heterocycles. The molecule has 26 heavy (non-hydrogen) atoms. The molecule has 0 saturated heterocycles. The fourth-order valence-electron chi connectivity index (χ4n) is 3.34. The molecule has 2 aromatic heterocycles. The lowest BCUT2D eigenvalue weighted by molar-refractivity contribution is -0.117. The molecule has 0 spiro atoms. The van der Waals surface area contributed by atoms with Crippen LogP contribution in [0.4, 0.5) is 0 Å². The fraction of sp³-hybridized carbons (Fsp3) is 0.250. The van der Waals surface area contributed by atoms with E-state index in [1.54, 1.807) is 18.3 Å². The Morgan fingerprint density at radius 2 is 2.23 bits per heavy atom. The topological polar surface area (TPSA) is 59.8 Å². The van der Waals surface area contributed by atoms with Crippen LogP contribution in [0.1, 0.15) is 40.7 Å². The number of amides is 1. The first kappa shape index (κ1) is 16.7. The van der Waals surface area contributed by atoms with Gasteiger partial charge in [-0.3, -0.25) is 9.48 Å². The monoisotopic (exact) mass is 364 g/mol. The lowest BCUT2D eigenvalue weighted by Crippen LogP contribution is -2.29. The van der Waals surface area contributed by atoms with E-state index < -0.39 is 0 Å². The van der Waals surface area contributed by atoms with Crippen LogP contribution in [-0.4, -0.2) is 20.7 Å². The maximum absolute atomic E-state index is 12.3. The van der Waals surface area contributed by atoms with Gasteiger partial charge in [-0.2, -0.15) is 5.10 Å². The van der Waals surface area contributed by atoms with Crippen molar-refractivity contribution in [2.45, 2.75) is 31.8 Å². The van der Waals surface area contributed by atoms with Crippen LogP contribution in [0.3, 0.4) is 0 Å². The van der Waals surface area contributed by atoms with E-state index in [1.807, 2.05) is 29.8 Å². The van der Waals surface area contributed by atoms with E-state index in [-0.39, 0.29) is 11.9 Å². The van der Waals surface area contributed by atoms with Crippen molar-refractivity contribution in [1.82, 2.24) is 20.1 Å². The Hall–Kier alpha value is -2.73. The van der Waals surface area contributed by atoms with Gasteiger partial charge in [0.2, 0.25) is 5.91 Å². The number of thiazole rings is 1. The van der Waals surface area contributed by atoms with Crippen molar-refractivity contribution in [3.05, 3.63) is 76.0 Å². The molecule has 1 aliphatic rings. The summed E-state index contributed by atoms with van der Waals surface area (Å²) < 4.78 is 2.06. The van der Waals surface area contributed by atoms with Gasteiger partial charge in [-0.15, -0.1) is 11.3 Å². The maximum atomic E-state index is 12.3. The van der Waals surface area contributed by atoms with E-state index >= 15 is 0 Å². The predicted molar refractivity (Wildman–Crippen MR) is 103 cm³/mol.